The molecule has 0 bridgehead atoms. The average Bonchev–Trinajstić information content (AvgIpc) is 3.70. The zero-order valence-electron chi connectivity index (χ0n) is 31.6. The Morgan fingerprint density at radius 2 is 1.21 bits per heavy atom. The number of aliphatic hydroxyl groups is 2. The molecule has 0 saturated carbocycles. The van der Waals surface area contributed by atoms with Gasteiger partial charge in [-0.25, -0.2) is 8.78 Å². The number of hydrogen-bond donors (Lipinski definition) is 5. The van der Waals surface area contributed by atoms with Crippen molar-refractivity contribution in [2.24, 2.45) is 0 Å². The summed E-state index contributed by atoms with van der Waals surface area (Å²) >= 11 is 0. The first kappa shape index (κ1) is 42.9. The van der Waals surface area contributed by atoms with Crippen molar-refractivity contribution in [1.29, 1.82) is 0 Å². The molecule has 6 rings (SSSR count). The third-order valence-electron chi connectivity index (χ3n) is 9.99. The Morgan fingerprint density at radius 3 is 1.77 bits per heavy atom. The molecule has 16 heteroatoms. The molecular formula is C41H42F8N4O4. The van der Waals surface area contributed by atoms with Crippen molar-refractivity contribution in [2.45, 2.75) is 87.8 Å². The van der Waals surface area contributed by atoms with E-state index >= 15 is 0 Å². The predicted molar refractivity (Wildman–Crippen MR) is 198 cm³/mol. The Kier molecular flexibility index (Phi) is 11.8. The van der Waals surface area contributed by atoms with Crippen molar-refractivity contribution in [2.75, 3.05) is 7.11 Å². The van der Waals surface area contributed by atoms with Gasteiger partial charge in [0.1, 0.15) is 23.1 Å². The fraction of sp³-hybridized carbons (Fsp3) is 0.366. The Bertz CT molecular complexity index is 2270. The number of alkyl halides is 6. The summed E-state index contributed by atoms with van der Waals surface area (Å²) in [7, 11) is 1.36. The zero-order chi connectivity index (χ0) is 42.2. The molecule has 0 radical (unpaired) electrons. The lowest BCUT2D eigenvalue weighted by molar-refractivity contribution is -0.266. The number of aromatic amines is 2. The Hall–Kier alpha value is -5.22. The number of pyridine rings is 2. The zero-order valence-corrected chi connectivity index (χ0v) is 31.6. The Morgan fingerprint density at radius 1 is 0.667 bits per heavy atom. The Balaban J connectivity index is 0.000000218. The number of halogens is 8. The molecule has 0 aliphatic rings. The number of ether oxygens (including phenoxy) is 1. The molecule has 2 unspecified atom stereocenters. The second-order valence-electron chi connectivity index (χ2n) is 15.5. The van der Waals surface area contributed by atoms with Crippen molar-refractivity contribution >= 4 is 21.9 Å². The van der Waals surface area contributed by atoms with Crippen LogP contribution < -0.4 is 4.74 Å². The maximum atomic E-state index is 14.0. The van der Waals surface area contributed by atoms with Crippen LogP contribution in [0.3, 0.4) is 0 Å². The van der Waals surface area contributed by atoms with Crippen molar-refractivity contribution in [3.8, 4) is 11.5 Å². The quantitative estimate of drug-likeness (QED) is 0.0831. The third-order valence-corrected chi connectivity index (χ3v) is 9.99. The van der Waals surface area contributed by atoms with Gasteiger partial charge in [0, 0.05) is 53.1 Å². The summed E-state index contributed by atoms with van der Waals surface area (Å²) in [5.41, 5.74) is -6.43. The molecule has 0 amide bonds. The minimum Gasteiger partial charge on any atom is -0.508 e. The highest BCUT2D eigenvalue weighted by molar-refractivity contribution is 5.79. The van der Waals surface area contributed by atoms with E-state index in [0.29, 0.717) is 21.9 Å². The molecule has 4 aromatic heterocycles. The molecule has 0 fully saturated rings. The molecule has 8 nitrogen and oxygen atoms in total. The van der Waals surface area contributed by atoms with E-state index in [1.165, 1.54) is 77.7 Å². The molecule has 2 atom stereocenters. The van der Waals surface area contributed by atoms with Crippen LogP contribution in [0.1, 0.15) is 63.1 Å². The first-order chi connectivity index (χ1) is 26.4. The van der Waals surface area contributed by atoms with Crippen LogP contribution in [-0.2, 0) is 23.7 Å². The highest BCUT2D eigenvalue weighted by Crippen LogP contribution is 2.47. The predicted octanol–water partition coefficient (Wildman–Crippen LogP) is 9.53. The van der Waals surface area contributed by atoms with Crippen LogP contribution in [0.4, 0.5) is 35.1 Å². The lowest BCUT2D eigenvalue weighted by Gasteiger charge is -2.38. The first-order valence-corrected chi connectivity index (χ1v) is 17.6. The third kappa shape index (κ3) is 9.50. The number of methoxy groups -OCH3 is 1. The molecule has 0 spiro atoms. The van der Waals surface area contributed by atoms with Gasteiger partial charge < -0.3 is 30.0 Å². The molecule has 4 heterocycles. The lowest BCUT2D eigenvalue weighted by Crippen LogP contribution is -2.51. The van der Waals surface area contributed by atoms with Gasteiger partial charge in [-0.2, -0.15) is 26.3 Å². The maximum Gasteiger partial charge on any atom is 0.417 e. The summed E-state index contributed by atoms with van der Waals surface area (Å²) in [5.74, 6) is -1.34. The van der Waals surface area contributed by atoms with Gasteiger partial charge in [0.15, 0.2) is 11.2 Å². The van der Waals surface area contributed by atoms with Crippen molar-refractivity contribution < 1.29 is 55.2 Å². The summed E-state index contributed by atoms with van der Waals surface area (Å²) in [4.78, 5) is 13.7. The minimum atomic E-state index is -4.94. The normalized spacial score (nSPS) is 14.9. The molecule has 0 saturated heterocycles. The van der Waals surface area contributed by atoms with Gasteiger partial charge in [-0.15, -0.1) is 0 Å². The van der Waals surface area contributed by atoms with E-state index in [0.717, 1.165) is 24.3 Å². The minimum absolute atomic E-state index is 0.00368. The summed E-state index contributed by atoms with van der Waals surface area (Å²) in [6.45, 7) is 5.89. The van der Waals surface area contributed by atoms with Crippen LogP contribution in [0.5, 0.6) is 11.5 Å². The second kappa shape index (κ2) is 15.6. The SMILES string of the molecule is CC(C)(CC(O)(Cc1cc2ccncc2[nH]1)C(F)(F)F)c1cc(F)ccc1O.COc1ccc(F)cc1C(C)(C)CC(O)(Cc1cc2ncccc2[nH]1)C(F)(F)F. The van der Waals surface area contributed by atoms with Gasteiger partial charge in [-0.3, -0.25) is 9.97 Å². The van der Waals surface area contributed by atoms with Crippen LogP contribution in [0.15, 0.2) is 85.3 Å². The van der Waals surface area contributed by atoms with E-state index in [9.17, 15) is 50.4 Å². The number of hydrogen-bond acceptors (Lipinski definition) is 6. The summed E-state index contributed by atoms with van der Waals surface area (Å²) < 4.78 is 116. The van der Waals surface area contributed by atoms with Crippen LogP contribution in [-0.4, -0.2) is 65.9 Å². The molecule has 6 aromatic rings. The molecule has 2 aromatic carbocycles. The molecular weight excluding hydrogens is 764 g/mol. The van der Waals surface area contributed by atoms with Gasteiger partial charge in [-0.05, 0) is 90.4 Å². The van der Waals surface area contributed by atoms with Crippen LogP contribution in [0, 0.1) is 11.6 Å². The molecule has 306 valence electrons. The number of phenolic OH excluding ortho intramolecular Hbond substituents is 1. The van der Waals surface area contributed by atoms with Crippen molar-refractivity contribution in [3.63, 3.8) is 0 Å². The maximum absolute atomic E-state index is 14.0. The van der Waals surface area contributed by atoms with Crippen molar-refractivity contribution in [3.05, 3.63) is 119 Å². The molecule has 0 aliphatic carbocycles. The summed E-state index contributed by atoms with van der Waals surface area (Å²) in [6, 6.07) is 14.8. The lowest BCUT2D eigenvalue weighted by atomic mass is 9.73. The number of nitrogens with zero attached hydrogens (tertiary/aromatic N) is 2. The topological polar surface area (TPSA) is 127 Å². The number of aromatic nitrogens is 4. The summed E-state index contributed by atoms with van der Waals surface area (Å²) in [5, 5.41) is 32.1. The van der Waals surface area contributed by atoms with Crippen LogP contribution in [0.2, 0.25) is 0 Å². The number of nitrogens with one attached hydrogen (secondary N) is 2. The average molecular weight is 807 g/mol. The van der Waals surface area contributed by atoms with E-state index in [1.54, 1.807) is 18.2 Å². The monoisotopic (exact) mass is 806 g/mol. The van der Waals surface area contributed by atoms with E-state index in [1.807, 2.05) is 0 Å². The number of benzene rings is 2. The second-order valence-corrected chi connectivity index (χ2v) is 15.5. The largest absolute Gasteiger partial charge is 0.508 e. The molecule has 57 heavy (non-hydrogen) atoms. The number of fused-ring (bicyclic) bond motifs is 2. The van der Waals surface area contributed by atoms with Crippen molar-refractivity contribution in [1.82, 2.24) is 19.9 Å². The molecule has 5 N–H and O–H groups in total. The number of H-pyrrole nitrogens is 2. The summed E-state index contributed by atoms with van der Waals surface area (Å²) in [6.07, 6.45) is -8.17. The number of phenols is 1. The molecule has 0 aliphatic heterocycles. The number of aromatic hydroxyl groups is 1. The fourth-order valence-corrected chi connectivity index (χ4v) is 7.30. The Labute approximate surface area is 322 Å². The van der Waals surface area contributed by atoms with Gasteiger partial charge in [-0.1, -0.05) is 27.7 Å². The van der Waals surface area contributed by atoms with Crippen LogP contribution in [0.25, 0.3) is 21.9 Å². The number of rotatable bonds is 11. The highest BCUT2D eigenvalue weighted by Gasteiger charge is 2.57. The van der Waals surface area contributed by atoms with E-state index < -0.39 is 71.7 Å². The first-order valence-electron chi connectivity index (χ1n) is 17.6. The standard InChI is InChI=1S/C21H22F4N2O2.C20H20F4N2O2/c1-19(2,15-9-13(22)6-7-18(15)29-3)12-20(28,21(23,24)25)11-14-10-17-16(27-14)5-4-8-26-17;1-18(2,15-8-13(21)3-4-17(15)27)11-19(28,20(22,23)24)9-14-7-12-5-6-25-10-16(12)26-14/h4-10,27-28H,11-12H2,1-3H3;3-8,10,26-28H,9,11H2,1-2H3. The van der Waals surface area contributed by atoms with Crippen LogP contribution >= 0.6 is 0 Å². The smallest absolute Gasteiger partial charge is 0.417 e. The highest BCUT2D eigenvalue weighted by atomic mass is 19.4. The van der Waals surface area contributed by atoms with Gasteiger partial charge in [0.25, 0.3) is 0 Å². The van der Waals surface area contributed by atoms with E-state index in [2.05, 4.69) is 19.9 Å². The van der Waals surface area contributed by atoms with Gasteiger partial charge >= 0.3 is 12.4 Å². The van der Waals surface area contributed by atoms with E-state index in [4.69, 9.17) is 4.74 Å². The van der Waals surface area contributed by atoms with E-state index in [-0.39, 0.29) is 34.0 Å². The fourth-order valence-electron chi connectivity index (χ4n) is 7.30. The van der Waals surface area contributed by atoms with Gasteiger partial charge in [0.05, 0.1) is 29.9 Å². The van der Waals surface area contributed by atoms with Gasteiger partial charge in [0.2, 0.25) is 0 Å².